The van der Waals surface area contributed by atoms with Crippen LogP contribution in [-0.4, -0.2) is 29.6 Å². The minimum absolute atomic E-state index is 0.678. The Labute approximate surface area is 159 Å². The van der Waals surface area contributed by atoms with Gasteiger partial charge in [0.2, 0.25) is 5.88 Å². The third kappa shape index (κ3) is 3.55. The van der Waals surface area contributed by atoms with Gasteiger partial charge in [0, 0.05) is 35.6 Å². The first-order valence-corrected chi connectivity index (χ1v) is 9.47. The van der Waals surface area contributed by atoms with E-state index < -0.39 is 0 Å². The highest BCUT2D eigenvalue weighted by Crippen LogP contribution is 2.28. The standard InChI is InChI=1S/C22H23ClN2O/c1-15-3-6-18-13-19-14-25(10-9-17-4-7-20(23)8-5-17)11-12-26-22(19)24-21(18)16(15)2/h3-8,13H,9-12,14H2,1-2H3. The molecule has 1 aromatic heterocycles. The Bertz CT molecular complexity index is 937. The van der Waals surface area contributed by atoms with Crippen molar-refractivity contribution in [2.45, 2.75) is 26.8 Å². The Morgan fingerprint density at radius 2 is 1.92 bits per heavy atom. The molecule has 1 aliphatic heterocycles. The van der Waals surface area contributed by atoms with E-state index in [1.165, 1.54) is 27.6 Å². The molecule has 2 aromatic carbocycles. The van der Waals surface area contributed by atoms with E-state index in [1.54, 1.807) is 0 Å². The molecule has 0 radical (unpaired) electrons. The number of fused-ring (bicyclic) bond motifs is 2. The molecule has 3 aromatic rings. The summed E-state index contributed by atoms with van der Waals surface area (Å²) in [6, 6.07) is 14.7. The molecule has 0 bridgehead atoms. The normalized spacial score (nSPS) is 14.7. The zero-order valence-electron chi connectivity index (χ0n) is 15.3. The molecular formula is C22H23ClN2O. The van der Waals surface area contributed by atoms with Crippen molar-refractivity contribution in [1.29, 1.82) is 0 Å². The number of ether oxygens (including phenoxy) is 1. The van der Waals surface area contributed by atoms with Gasteiger partial charge >= 0.3 is 0 Å². The van der Waals surface area contributed by atoms with E-state index in [4.69, 9.17) is 21.3 Å². The van der Waals surface area contributed by atoms with E-state index in [0.717, 1.165) is 42.5 Å². The van der Waals surface area contributed by atoms with Crippen LogP contribution in [0.5, 0.6) is 5.88 Å². The van der Waals surface area contributed by atoms with Crippen LogP contribution in [0, 0.1) is 13.8 Å². The summed E-state index contributed by atoms with van der Waals surface area (Å²) in [7, 11) is 0. The third-order valence-electron chi connectivity index (χ3n) is 5.22. The highest BCUT2D eigenvalue weighted by molar-refractivity contribution is 6.30. The number of aryl methyl sites for hydroxylation is 2. The Balaban J connectivity index is 1.55. The van der Waals surface area contributed by atoms with Crippen LogP contribution in [0.4, 0.5) is 0 Å². The number of pyridine rings is 1. The number of rotatable bonds is 3. The molecule has 0 unspecified atom stereocenters. The van der Waals surface area contributed by atoms with Crippen molar-refractivity contribution in [3.05, 3.63) is 69.7 Å². The fourth-order valence-corrected chi connectivity index (χ4v) is 3.59. The van der Waals surface area contributed by atoms with Crippen LogP contribution in [0.2, 0.25) is 5.02 Å². The lowest BCUT2D eigenvalue weighted by Gasteiger charge is -2.19. The van der Waals surface area contributed by atoms with E-state index in [2.05, 4.69) is 49.1 Å². The first kappa shape index (κ1) is 17.3. The highest BCUT2D eigenvalue weighted by Gasteiger charge is 2.18. The van der Waals surface area contributed by atoms with E-state index in [1.807, 2.05) is 12.1 Å². The van der Waals surface area contributed by atoms with Crippen LogP contribution in [0.3, 0.4) is 0 Å². The maximum atomic E-state index is 5.98. The van der Waals surface area contributed by atoms with Crippen molar-refractivity contribution in [1.82, 2.24) is 9.88 Å². The molecular weight excluding hydrogens is 344 g/mol. The van der Waals surface area contributed by atoms with Gasteiger partial charge in [-0.1, -0.05) is 35.9 Å². The molecule has 0 spiro atoms. The summed E-state index contributed by atoms with van der Waals surface area (Å²) < 4.78 is 5.98. The average molecular weight is 367 g/mol. The molecule has 4 heteroatoms. The van der Waals surface area contributed by atoms with Crippen LogP contribution in [0.25, 0.3) is 10.9 Å². The van der Waals surface area contributed by atoms with Crippen molar-refractivity contribution in [3.63, 3.8) is 0 Å². The van der Waals surface area contributed by atoms with Gasteiger partial charge in [-0.25, -0.2) is 4.98 Å². The number of halogens is 1. The van der Waals surface area contributed by atoms with Gasteiger partial charge in [-0.15, -0.1) is 0 Å². The molecule has 2 heterocycles. The fraction of sp³-hybridized carbons (Fsp3) is 0.318. The lowest BCUT2D eigenvalue weighted by molar-refractivity contribution is 0.225. The zero-order valence-corrected chi connectivity index (χ0v) is 16.0. The minimum Gasteiger partial charge on any atom is -0.476 e. The fourth-order valence-electron chi connectivity index (χ4n) is 3.47. The largest absolute Gasteiger partial charge is 0.476 e. The summed E-state index contributed by atoms with van der Waals surface area (Å²) in [5, 5.41) is 1.98. The first-order valence-electron chi connectivity index (χ1n) is 9.09. The van der Waals surface area contributed by atoms with Gasteiger partial charge in [0.25, 0.3) is 0 Å². The van der Waals surface area contributed by atoms with Gasteiger partial charge < -0.3 is 4.74 Å². The van der Waals surface area contributed by atoms with E-state index in [9.17, 15) is 0 Å². The molecule has 1 aliphatic rings. The molecule has 0 saturated carbocycles. The van der Waals surface area contributed by atoms with Crippen LogP contribution >= 0.6 is 11.6 Å². The number of benzene rings is 2. The van der Waals surface area contributed by atoms with Crippen LogP contribution in [-0.2, 0) is 13.0 Å². The third-order valence-corrected chi connectivity index (χ3v) is 5.47. The van der Waals surface area contributed by atoms with Gasteiger partial charge in [-0.05, 0) is 55.2 Å². The predicted molar refractivity (Wildman–Crippen MR) is 107 cm³/mol. The van der Waals surface area contributed by atoms with E-state index in [0.29, 0.717) is 6.61 Å². The summed E-state index contributed by atoms with van der Waals surface area (Å²) in [6.07, 6.45) is 1.01. The smallest absolute Gasteiger partial charge is 0.218 e. The first-order chi connectivity index (χ1) is 12.6. The van der Waals surface area contributed by atoms with Gasteiger partial charge in [0.15, 0.2) is 0 Å². The lowest BCUT2D eigenvalue weighted by Crippen LogP contribution is -2.27. The second-order valence-electron chi connectivity index (χ2n) is 7.03. The monoisotopic (exact) mass is 366 g/mol. The quantitative estimate of drug-likeness (QED) is 0.656. The Morgan fingerprint density at radius 3 is 2.73 bits per heavy atom. The molecule has 0 fully saturated rings. The molecule has 4 rings (SSSR count). The van der Waals surface area contributed by atoms with Crippen LogP contribution in [0.15, 0.2) is 42.5 Å². The van der Waals surface area contributed by atoms with Gasteiger partial charge in [0.1, 0.15) is 6.61 Å². The topological polar surface area (TPSA) is 25.4 Å². The lowest BCUT2D eigenvalue weighted by atomic mass is 10.0. The summed E-state index contributed by atoms with van der Waals surface area (Å²) in [6.45, 7) is 7.72. The highest BCUT2D eigenvalue weighted by atomic mass is 35.5. The Kier molecular flexibility index (Phi) is 4.84. The minimum atomic E-state index is 0.678. The molecule has 0 aliphatic carbocycles. The summed E-state index contributed by atoms with van der Waals surface area (Å²) in [5.41, 5.74) is 6.04. The second kappa shape index (κ2) is 7.26. The van der Waals surface area contributed by atoms with E-state index >= 15 is 0 Å². The van der Waals surface area contributed by atoms with Crippen LogP contribution < -0.4 is 4.74 Å². The van der Waals surface area contributed by atoms with E-state index in [-0.39, 0.29) is 0 Å². The number of hydrogen-bond donors (Lipinski definition) is 0. The maximum absolute atomic E-state index is 5.98. The van der Waals surface area contributed by atoms with Gasteiger partial charge in [-0.3, -0.25) is 4.90 Å². The Hall–Kier alpha value is -2.10. The second-order valence-corrected chi connectivity index (χ2v) is 7.47. The molecule has 0 N–H and O–H groups in total. The Morgan fingerprint density at radius 1 is 1.12 bits per heavy atom. The SMILES string of the molecule is Cc1ccc2cc3c(nc2c1C)OCCN(CCc1ccc(Cl)cc1)C3. The number of hydrogen-bond acceptors (Lipinski definition) is 3. The molecule has 3 nitrogen and oxygen atoms in total. The summed E-state index contributed by atoms with van der Waals surface area (Å²) >= 11 is 5.97. The molecule has 0 saturated heterocycles. The van der Waals surface area contributed by atoms with Crippen molar-refractivity contribution in [3.8, 4) is 5.88 Å². The average Bonchev–Trinajstić information content (AvgIpc) is 2.84. The predicted octanol–water partition coefficient (Wildman–Crippen LogP) is 4.94. The van der Waals surface area contributed by atoms with Crippen molar-refractivity contribution in [2.75, 3.05) is 19.7 Å². The molecule has 0 amide bonds. The summed E-state index contributed by atoms with van der Waals surface area (Å²) in [5.74, 6) is 0.792. The number of aromatic nitrogens is 1. The zero-order chi connectivity index (χ0) is 18.1. The van der Waals surface area contributed by atoms with Gasteiger partial charge in [-0.2, -0.15) is 0 Å². The van der Waals surface area contributed by atoms with Crippen LogP contribution in [0.1, 0.15) is 22.3 Å². The molecule has 134 valence electrons. The summed E-state index contributed by atoms with van der Waals surface area (Å²) in [4.78, 5) is 7.27. The molecule has 26 heavy (non-hydrogen) atoms. The van der Waals surface area contributed by atoms with Crippen molar-refractivity contribution in [2.24, 2.45) is 0 Å². The molecule has 0 atom stereocenters. The number of nitrogens with zero attached hydrogens (tertiary/aromatic N) is 2. The van der Waals surface area contributed by atoms with Crippen molar-refractivity contribution < 1.29 is 4.74 Å². The maximum Gasteiger partial charge on any atom is 0.218 e. The van der Waals surface area contributed by atoms with Crippen molar-refractivity contribution >= 4 is 22.5 Å². The van der Waals surface area contributed by atoms with Gasteiger partial charge in [0.05, 0.1) is 5.52 Å².